The molecule has 0 fully saturated rings. The van der Waals surface area contributed by atoms with Gasteiger partial charge in [-0.3, -0.25) is 9.59 Å². The summed E-state index contributed by atoms with van der Waals surface area (Å²) in [6.07, 6.45) is 0. The van der Waals surface area contributed by atoms with Gasteiger partial charge in [0.2, 0.25) is 0 Å². The average molecular weight is 264 g/mol. The van der Waals surface area contributed by atoms with Crippen LogP contribution in [-0.4, -0.2) is 11.9 Å². The number of carbonyl (C=O) groups excluding carboxylic acids is 2. The zero-order valence-electron chi connectivity index (χ0n) is 12.3. The van der Waals surface area contributed by atoms with Gasteiger partial charge in [-0.15, -0.1) is 0 Å². The predicted molar refractivity (Wildman–Crippen MR) is 72.5 cm³/mol. The normalized spacial score (nSPS) is 11.1. The molecule has 0 N–H and O–H groups in total. The molecule has 1 aromatic carbocycles. The molecule has 0 bridgehead atoms. The Morgan fingerprint density at radius 3 is 1.95 bits per heavy atom. The molecule has 0 saturated heterocycles. The first-order valence-electron chi connectivity index (χ1n) is 6.13. The van der Waals surface area contributed by atoms with Gasteiger partial charge in [-0.2, -0.15) is 0 Å². The molecule has 104 valence electrons. The molecule has 4 nitrogen and oxygen atoms in total. The molecule has 1 aromatic rings. The van der Waals surface area contributed by atoms with Gasteiger partial charge in [0, 0.05) is 19.4 Å². The molecular formula is C15H20O4. The van der Waals surface area contributed by atoms with Crippen molar-refractivity contribution in [2.45, 2.75) is 47.0 Å². The molecule has 19 heavy (non-hydrogen) atoms. The largest absolute Gasteiger partial charge is 0.427 e. The summed E-state index contributed by atoms with van der Waals surface area (Å²) in [7, 11) is 0. The summed E-state index contributed by atoms with van der Waals surface area (Å²) in [5.74, 6) is 0.259. The van der Waals surface area contributed by atoms with Crippen LogP contribution >= 0.6 is 0 Å². The molecule has 0 radical (unpaired) electrons. The van der Waals surface area contributed by atoms with Crippen LogP contribution in [0.2, 0.25) is 0 Å². The highest BCUT2D eigenvalue weighted by molar-refractivity contribution is 5.72. The van der Waals surface area contributed by atoms with Crippen molar-refractivity contribution in [2.24, 2.45) is 0 Å². The molecule has 4 heteroatoms. The first kappa shape index (κ1) is 15.2. The zero-order valence-corrected chi connectivity index (χ0v) is 12.3. The smallest absolute Gasteiger partial charge is 0.308 e. The minimum atomic E-state index is -0.375. The maximum atomic E-state index is 11.2. The summed E-state index contributed by atoms with van der Waals surface area (Å²) in [5, 5.41) is 0. The van der Waals surface area contributed by atoms with E-state index in [9.17, 15) is 9.59 Å². The lowest BCUT2D eigenvalue weighted by Crippen LogP contribution is -2.16. The number of esters is 2. The summed E-state index contributed by atoms with van der Waals surface area (Å²) in [4.78, 5) is 22.2. The molecule has 0 aliphatic rings. The summed E-state index contributed by atoms with van der Waals surface area (Å²) < 4.78 is 10.4. The first-order valence-corrected chi connectivity index (χ1v) is 6.13. The molecular weight excluding hydrogens is 244 g/mol. The quantitative estimate of drug-likeness (QED) is 0.608. The van der Waals surface area contributed by atoms with Crippen LogP contribution in [0.15, 0.2) is 12.1 Å². The van der Waals surface area contributed by atoms with E-state index in [0.717, 1.165) is 11.1 Å². The van der Waals surface area contributed by atoms with E-state index in [0.29, 0.717) is 11.5 Å². The number of aryl methyl sites for hydroxylation is 1. The van der Waals surface area contributed by atoms with Crippen LogP contribution in [0.25, 0.3) is 0 Å². The molecule has 0 aromatic heterocycles. The van der Waals surface area contributed by atoms with E-state index in [-0.39, 0.29) is 17.4 Å². The highest BCUT2D eigenvalue weighted by Crippen LogP contribution is 2.37. The van der Waals surface area contributed by atoms with Crippen LogP contribution in [0.3, 0.4) is 0 Å². The fraction of sp³-hybridized carbons (Fsp3) is 0.467. The van der Waals surface area contributed by atoms with E-state index in [1.54, 1.807) is 12.1 Å². The van der Waals surface area contributed by atoms with Crippen LogP contribution < -0.4 is 9.47 Å². The maximum absolute atomic E-state index is 11.2. The fourth-order valence-corrected chi connectivity index (χ4v) is 1.80. The highest BCUT2D eigenvalue weighted by atomic mass is 16.5. The summed E-state index contributed by atoms with van der Waals surface area (Å²) in [6.45, 7) is 10.6. The lowest BCUT2D eigenvalue weighted by Gasteiger charge is -2.24. The maximum Gasteiger partial charge on any atom is 0.308 e. The lowest BCUT2D eigenvalue weighted by molar-refractivity contribution is -0.133. The van der Waals surface area contributed by atoms with Crippen molar-refractivity contribution in [1.82, 2.24) is 0 Å². The number of carbonyl (C=O) groups is 2. The lowest BCUT2D eigenvalue weighted by atomic mass is 9.85. The van der Waals surface area contributed by atoms with Crippen molar-refractivity contribution in [3.8, 4) is 11.5 Å². The van der Waals surface area contributed by atoms with E-state index < -0.39 is 0 Å². The summed E-state index contributed by atoms with van der Waals surface area (Å²) >= 11 is 0. The Morgan fingerprint density at radius 2 is 1.53 bits per heavy atom. The van der Waals surface area contributed by atoms with E-state index >= 15 is 0 Å². The monoisotopic (exact) mass is 264 g/mol. The Kier molecular flexibility index (Phi) is 4.35. The Hall–Kier alpha value is -1.84. The Labute approximate surface area is 113 Å². The Morgan fingerprint density at radius 1 is 1.00 bits per heavy atom. The molecule has 0 heterocycles. The van der Waals surface area contributed by atoms with Crippen LogP contribution in [-0.2, 0) is 15.0 Å². The number of hydrogen-bond donors (Lipinski definition) is 0. The van der Waals surface area contributed by atoms with Gasteiger partial charge in [0.15, 0.2) is 0 Å². The third-order valence-electron chi connectivity index (χ3n) is 2.56. The summed E-state index contributed by atoms with van der Waals surface area (Å²) in [5.41, 5.74) is 1.36. The average Bonchev–Trinajstić information content (AvgIpc) is 2.18. The van der Waals surface area contributed by atoms with Crippen molar-refractivity contribution < 1.29 is 19.1 Å². The molecule has 1 rings (SSSR count). The Balaban J connectivity index is 3.38. The van der Waals surface area contributed by atoms with Crippen molar-refractivity contribution in [3.63, 3.8) is 0 Å². The van der Waals surface area contributed by atoms with Crippen LogP contribution in [0, 0.1) is 6.92 Å². The van der Waals surface area contributed by atoms with E-state index in [2.05, 4.69) is 0 Å². The van der Waals surface area contributed by atoms with Crippen molar-refractivity contribution in [1.29, 1.82) is 0 Å². The van der Waals surface area contributed by atoms with E-state index in [1.807, 2.05) is 27.7 Å². The first-order chi connectivity index (χ1) is 8.61. The van der Waals surface area contributed by atoms with Gasteiger partial charge in [0.25, 0.3) is 0 Å². The second-order valence-electron chi connectivity index (χ2n) is 5.55. The zero-order chi connectivity index (χ0) is 14.8. The number of hydrogen-bond acceptors (Lipinski definition) is 4. The Bertz CT molecular complexity index is 510. The molecule has 0 unspecified atom stereocenters. The van der Waals surface area contributed by atoms with E-state index in [1.165, 1.54) is 13.8 Å². The van der Waals surface area contributed by atoms with Gasteiger partial charge in [-0.05, 0) is 30.0 Å². The minimum Gasteiger partial charge on any atom is -0.427 e. The SMILES string of the molecule is CC(=O)Oc1cc(C)c(OC(C)=O)c(C(C)(C)C)c1. The topological polar surface area (TPSA) is 52.6 Å². The third-order valence-corrected chi connectivity index (χ3v) is 2.56. The van der Waals surface area contributed by atoms with Gasteiger partial charge < -0.3 is 9.47 Å². The number of ether oxygens (including phenoxy) is 2. The molecule has 0 amide bonds. The predicted octanol–water partition coefficient (Wildman–Crippen LogP) is 3.14. The van der Waals surface area contributed by atoms with E-state index in [4.69, 9.17) is 9.47 Å². The third kappa shape index (κ3) is 4.09. The molecule has 0 saturated carbocycles. The second kappa shape index (κ2) is 5.43. The number of benzene rings is 1. The van der Waals surface area contributed by atoms with Gasteiger partial charge in [0.1, 0.15) is 11.5 Å². The highest BCUT2D eigenvalue weighted by Gasteiger charge is 2.23. The molecule has 0 spiro atoms. The molecule has 0 atom stereocenters. The van der Waals surface area contributed by atoms with Crippen LogP contribution in [0.4, 0.5) is 0 Å². The van der Waals surface area contributed by atoms with Crippen molar-refractivity contribution in [3.05, 3.63) is 23.3 Å². The fourth-order valence-electron chi connectivity index (χ4n) is 1.80. The second-order valence-corrected chi connectivity index (χ2v) is 5.55. The van der Waals surface area contributed by atoms with Gasteiger partial charge in [-0.25, -0.2) is 0 Å². The van der Waals surface area contributed by atoms with Crippen LogP contribution in [0.5, 0.6) is 11.5 Å². The van der Waals surface area contributed by atoms with Crippen molar-refractivity contribution in [2.75, 3.05) is 0 Å². The minimum absolute atomic E-state index is 0.230. The standard InChI is InChI=1S/C15H20O4/c1-9-7-12(18-10(2)16)8-13(15(4,5)6)14(9)19-11(3)17/h7-8H,1-6H3. The molecule has 0 aliphatic carbocycles. The summed E-state index contributed by atoms with van der Waals surface area (Å²) in [6, 6.07) is 3.43. The van der Waals surface area contributed by atoms with Gasteiger partial charge >= 0.3 is 11.9 Å². The van der Waals surface area contributed by atoms with Crippen molar-refractivity contribution >= 4 is 11.9 Å². The van der Waals surface area contributed by atoms with Gasteiger partial charge in [-0.1, -0.05) is 20.8 Å². The molecule has 0 aliphatic heterocycles. The number of rotatable bonds is 2. The van der Waals surface area contributed by atoms with Gasteiger partial charge in [0.05, 0.1) is 0 Å². The van der Waals surface area contributed by atoms with Crippen LogP contribution in [0.1, 0.15) is 45.7 Å².